The van der Waals surface area contributed by atoms with Crippen LogP contribution in [-0.2, 0) is 6.18 Å². The first-order valence-corrected chi connectivity index (χ1v) is 6.07. The molecule has 3 aromatic rings. The van der Waals surface area contributed by atoms with E-state index in [1.807, 2.05) is 25.1 Å². The van der Waals surface area contributed by atoms with E-state index in [-0.39, 0.29) is 0 Å². The molecule has 0 bridgehead atoms. The molecule has 3 rings (SSSR count). The number of fused-ring (bicyclic) bond motifs is 1. The molecule has 0 saturated heterocycles. The lowest BCUT2D eigenvalue weighted by Crippen LogP contribution is -2.04. The summed E-state index contributed by atoms with van der Waals surface area (Å²) in [5, 5.41) is 0. The number of imidazole rings is 1. The molecule has 0 saturated carbocycles. The van der Waals surface area contributed by atoms with Gasteiger partial charge < -0.3 is 4.98 Å². The summed E-state index contributed by atoms with van der Waals surface area (Å²) >= 11 is 0. The van der Waals surface area contributed by atoms with Gasteiger partial charge in [-0.15, -0.1) is 0 Å². The third-order valence-electron chi connectivity index (χ3n) is 3.10. The van der Waals surface area contributed by atoms with Crippen LogP contribution >= 0.6 is 0 Å². The highest BCUT2D eigenvalue weighted by Gasteiger charge is 2.30. The Hall–Kier alpha value is -2.30. The van der Waals surface area contributed by atoms with Crippen LogP contribution in [0.5, 0.6) is 0 Å². The molecule has 5 heteroatoms. The Morgan fingerprint density at radius 2 is 1.85 bits per heavy atom. The Kier molecular flexibility index (Phi) is 2.78. The number of nitrogens with one attached hydrogen (secondary N) is 1. The van der Waals surface area contributed by atoms with Crippen LogP contribution in [0.3, 0.4) is 0 Å². The minimum Gasteiger partial charge on any atom is -0.338 e. The molecule has 2 aromatic carbocycles. The molecular weight excluding hydrogens is 265 g/mol. The van der Waals surface area contributed by atoms with Crippen LogP contribution in [0.2, 0.25) is 0 Å². The fourth-order valence-electron chi connectivity index (χ4n) is 2.10. The smallest absolute Gasteiger partial charge is 0.338 e. The molecule has 0 aliphatic rings. The van der Waals surface area contributed by atoms with E-state index in [2.05, 4.69) is 9.97 Å². The van der Waals surface area contributed by atoms with Crippen LogP contribution < -0.4 is 0 Å². The molecule has 102 valence electrons. The highest BCUT2D eigenvalue weighted by atomic mass is 19.4. The van der Waals surface area contributed by atoms with E-state index in [9.17, 15) is 13.2 Å². The maximum atomic E-state index is 12.7. The predicted octanol–water partition coefficient (Wildman–Crippen LogP) is 4.56. The summed E-state index contributed by atoms with van der Waals surface area (Å²) < 4.78 is 38.1. The van der Waals surface area contributed by atoms with Crippen LogP contribution in [-0.4, -0.2) is 9.97 Å². The Morgan fingerprint density at radius 3 is 2.60 bits per heavy atom. The normalized spacial score (nSPS) is 12.0. The van der Waals surface area contributed by atoms with Gasteiger partial charge in [-0.3, -0.25) is 0 Å². The fourth-order valence-corrected chi connectivity index (χ4v) is 2.10. The zero-order valence-corrected chi connectivity index (χ0v) is 10.6. The second-order valence-corrected chi connectivity index (χ2v) is 4.68. The van der Waals surface area contributed by atoms with Crippen molar-refractivity contribution < 1.29 is 13.2 Å². The summed E-state index contributed by atoms with van der Waals surface area (Å²) in [5.41, 5.74) is 2.37. The average molecular weight is 276 g/mol. The second-order valence-electron chi connectivity index (χ2n) is 4.68. The second kappa shape index (κ2) is 4.37. The zero-order chi connectivity index (χ0) is 14.3. The minimum atomic E-state index is -4.35. The van der Waals surface area contributed by atoms with Crippen LogP contribution in [0.4, 0.5) is 13.2 Å². The summed E-state index contributed by atoms with van der Waals surface area (Å²) in [4.78, 5) is 7.38. The number of alkyl halides is 3. The van der Waals surface area contributed by atoms with Gasteiger partial charge in [0.1, 0.15) is 5.82 Å². The van der Waals surface area contributed by atoms with E-state index in [4.69, 9.17) is 0 Å². The summed E-state index contributed by atoms with van der Waals surface area (Å²) in [6.07, 6.45) is -4.35. The van der Waals surface area contributed by atoms with Crippen molar-refractivity contribution in [3.05, 3.63) is 53.6 Å². The van der Waals surface area contributed by atoms with Crippen molar-refractivity contribution in [1.29, 1.82) is 0 Å². The number of halogens is 3. The number of nitrogens with zero attached hydrogens (tertiary/aromatic N) is 1. The summed E-state index contributed by atoms with van der Waals surface area (Å²) in [6.45, 7) is 1.95. The molecule has 20 heavy (non-hydrogen) atoms. The molecule has 0 atom stereocenters. The van der Waals surface area contributed by atoms with Crippen molar-refractivity contribution in [2.75, 3.05) is 0 Å². The zero-order valence-electron chi connectivity index (χ0n) is 10.6. The van der Waals surface area contributed by atoms with E-state index in [0.717, 1.165) is 28.7 Å². The molecule has 1 N–H and O–H groups in total. The number of benzene rings is 2. The highest BCUT2D eigenvalue weighted by molar-refractivity contribution is 5.80. The van der Waals surface area contributed by atoms with Crippen molar-refractivity contribution in [3.63, 3.8) is 0 Å². The van der Waals surface area contributed by atoms with Gasteiger partial charge in [0.2, 0.25) is 0 Å². The maximum absolute atomic E-state index is 12.7. The molecule has 0 spiro atoms. The molecule has 0 radical (unpaired) electrons. The number of aryl methyl sites for hydroxylation is 1. The fraction of sp³-hybridized carbons (Fsp3) is 0.133. The van der Waals surface area contributed by atoms with E-state index in [1.165, 1.54) is 6.07 Å². The van der Waals surface area contributed by atoms with Crippen molar-refractivity contribution >= 4 is 11.0 Å². The van der Waals surface area contributed by atoms with Gasteiger partial charge >= 0.3 is 6.18 Å². The quantitative estimate of drug-likeness (QED) is 0.693. The minimum absolute atomic E-state index is 0.425. The van der Waals surface area contributed by atoms with Crippen LogP contribution in [0.15, 0.2) is 42.5 Å². The Balaban J connectivity index is 2.11. The molecule has 0 fully saturated rings. The summed E-state index contributed by atoms with van der Waals surface area (Å²) in [6, 6.07) is 10.8. The lowest BCUT2D eigenvalue weighted by molar-refractivity contribution is -0.137. The molecule has 1 aromatic heterocycles. The van der Waals surface area contributed by atoms with Gasteiger partial charge in [-0.25, -0.2) is 4.98 Å². The molecule has 0 aliphatic heterocycles. The largest absolute Gasteiger partial charge is 0.416 e. The number of aromatic nitrogens is 2. The van der Waals surface area contributed by atoms with Crippen LogP contribution in [0, 0.1) is 6.92 Å². The third kappa shape index (κ3) is 2.27. The van der Waals surface area contributed by atoms with Crippen molar-refractivity contribution in [2.24, 2.45) is 0 Å². The average Bonchev–Trinajstić information content (AvgIpc) is 2.81. The van der Waals surface area contributed by atoms with E-state index < -0.39 is 11.7 Å². The monoisotopic (exact) mass is 276 g/mol. The van der Waals surface area contributed by atoms with Gasteiger partial charge in [0, 0.05) is 5.56 Å². The lowest BCUT2D eigenvalue weighted by atomic mass is 10.1. The van der Waals surface area contributed by atoms with Crippen molar-refractivity contribution in [1.82, 2.24) is 9.97 Å². The van der Waals surface area contributed by atoms with Crippen molar-refractivity contribution in [2.45, 2.75) is 13.1 Å². The van der Waals surface area contributed by atoms with Gasteiger partial charge in [0.25, 0.3) is 0 Å². The SMILES string of the molecule is Cc1ccc2nc(-c3cccc(C(F)(F)F)c3)[nH]c2c1. The van der Waals surface area contributed by atoms with Crippen molar-refractivity contribution in [3.8, 4) is 11.4 Å². The number of hydrogen-bond acceptors (Lipinski definition) is 1. The number of hydrogen-bond donors (Lipinski definition) is 1. The molecule has 1 heterocycles. The standard InChI is InChI=1S/C15H11F3N2/c1-9-5-6-12-13(7-9)20-14(19-12)10-3-2-4-11(8-10)15(16,17)18/h2-8H,1H3,(H,19,20). The van der Waals surface area contributed by atoms with E-state index >= 15 is 0 Å². The molecule has 0 aliphatic carbocycles. The Morgan fingerprint density at radius 1 is 1.05 bits per heavy atom. The summed E-state index contributed by atoms with van der Waals surface area (Å²) in [5.74, 6) is 0.441. The number of aromatic amines is 1. The topological polar surface area (TPSA) is 28.7 Å². The van der Waals surface area contributed by atoms with Gasteiger partial charge in [-0.1, -0.05) is 18.2 Å². The van der Waals surface area contributed by atoms with Gasteiger partial charge in [0.05, 0.1) is 16.6 Å². The first kappa shape index (κ1) is 12.7. The number of H-pyrrole nitrogens is 1. The molecule has 0 amide bonds. The first-order chi connectivity index (χ1) is 9.43. The van der Waals surface area contributed by atoms with Crippen LogP contribution in [0.1, 0.15) is 11.1 Å². The summed E-state index contributed by atoms with van der Waals surface area (Å²) in [7, 11) is 0. The molecule has 0 unspecified atom stereocenters. The van der Waals surface area contributed by atoms with Crippen LogP contribution in [0.25, 0.3) is 22.4 Å². The van der Waals surface area contributed by atoms with Gasteiger partial charge in [-0.05, 0) is 36.8 Å². The number of rotatable bonds is 1. The third-order valence-corrected chi connectivity index (χ3v) is 3.10. The Bertz CT molecular complexity index is 772. The lowest BCUT2D eigenvalue weighted by Gasteiger charge is -2.07. The molecular formula is C15H11F3N2. The van der Waals surface area contributed by atoms with E-state index in [0.29, 0.717) is 11.4 Å². The molecule has 2 nitrogen and oxygen atoms in total. The highest BCUT2D eigenvalue weighted by Crippen LogP contribution is 2.32. The van der Waals surface area contributed by atoms with Gasteiger partial charge in [-0.2, -0.15) is 13.2 Å². The van der Waals surface area contributed by atoms with Gasteiger partial charge in [0.15, 0.2) is 0 Å². The van der Waals surface area contributed by atoms with E-state index in [1.54, 1.807) is 6.07 Å². The predicted molar refractivity (Wildman–Crippen MR) is 71.3 cm³/mol. The maximum Gasteiger partial charge on any atom is 0.416 e. The Labute approximate surface area is 113 Å². The first-order valence-electron chi connectivity index (χ1n) is 6.07.